The fraction of sp³-hybridized carbons (Fsp3) is 0.647. The second-order valence-electron chi connectivity index (χ2n) is 5.68. The molecule has 4 nitrogen and oxygen atoms in total. The lowest BCUT2D eigenvalue weighted by molar-refractivity contribution is -0.0928. The lowest BCUT2D eigenvalue weighted by Crippen LogP contribution is -2.43. The first-order valence-corrected chi connectivity index (χ1v) is 7.74. The lowest BCUT2D eigenvalue weighted by atomic mass is 10.1. The Bertz CT molecular complexity index is 372. The molecular formula is C17H29NO3. The van der Waals surface area contributed by atoms with Gasteiger partial charge in [-0.05, 0) is 32.5 Å². The first-order valence-electron chi connectivity index (χ1n) is 7.74. The summed E-state index contributed by atoms with van der Waals surface area (Å²) in [6, 6.07) is 9.83. The second kappa shape index (κ2) is 9.90. The summed E-state index contributed by atoms with van der Waals surface area (Å²) in [4.78, 5) is 2.04. The topological polar surface area (TPSA) is 52.9 Å². The minimum absolute atomic E-state index is 0.403. The molecule has 3 atom stereocenters. The summed E-state index contributed by atoms with van der Waals surface area (Å²) in [5.74, 6) is 0. The van der Waals surface area contributed by atoms with Crippen LogP contribution in [0.3, 0.4) is 0 Å². The van der Waals surface area contributed by atoms with Gasteiger partial charge in [0.1, 0.15) is 6.10 Å². The van der Waals surface area contributed by atoms with Crippen molar-refractivity contribution in [2.24, 2.45) is 0 Å². The molecule has 0 saturated heterocycles. The molecule has 0 spiro atoms. The monoisotopic (exact) mass is 295 g/mol. The molecule has 0 amide bonds. The molecule has 1 aromatic carbocycles. The number of likely N-dealkylation sites (N-methyl/N-ethyl adjacent to an activating group) is 1. The van der Waals surface area contributed by atoms with Crippen molar-refractivity contribution in [3.63, 3.8) is 0 Å². The van der Waals surface area contributed by atoms with Crippen LogP contribution in [-0.4, -0.2) is 53.6 Å². The number of ether oxygens (including phenoxy) is 1. The van der Waals surface area contributed by atoms with Crippen LogP contribution >= 0.6 is 0 Å². The van der Waals surface area contributed by atoms with E-state index in [1.54, 1.807) is 6.92 Å². The maximum atomic E-state index is 10.1. The molecule has 21 heavy (non-hydrogen) atoms. The molecular weight excluding hydrogens is 266 g/mol. The summed E-state index contributed by atoms with van der Waals surface area (Å²) in [6.45, 7) is 5.76. The van der Waals surface area contributed by atoms with Crippen molar-refractivity contribution >= 4 is 0 Å². The predicted octanol–water partition coefficient (Wildman–Crippen LogP) is 2.05. The molecule has 0 aliphatic rings. The first kappa shape index (κ1) is 18.1. The molecule has 0 aromatic heterocycles. The Hall–Kier alpha value is -0.940. The Labute approximate surface area is 128 Å². The Kier molecular flexibility index (Phi) is 8.54. The van der Waals surface area contributed by atoms with Crippen molar-refractivity contribution in [2.75, 3.05) is 20.1 Å². The molecule has 120 valence electrons. The highest BCUT2D eigenvalue weighted by molar-refractivity contribution is 5.13. The Morgan fingerprint density at radius 2 is 1.86 bits per heavy atom. The normalized spacial score (nSPS) is 15.9. The number of unbranched alkanes of at least 4 members (excludes halogenated alkanes) is 1. The molecule has 0 saturated carbocycles. The molecule has 2 N–H and O–H groups in total. The van der Waals surface area contributed by atoms with Crippen LogP contribution in [0.15, 0.2) is 30.3 Å². The van der Waals surface area contributed by atoms with Crippen molar-refractivity contribution < 1.29 is 14.9 Å². The standard InChI is InChI=1S/C17H29NO3/c1-4-5-11-18(3)12-16(19)17(20)14(2)21-13-15-9-7-6-8-10-15/h6-10,14,16-17,19-20H,4-5,11-13H2,1-3H3. The highest BCUT2D eigenvalue weighted by atomic mass is 16.5. The van der Waals surface area contributed by atoms with Crippen LogP contribution in [0.2, 0.25) is 0 Å². The van der Waals surface area contributed by atoms with Crippen LogP contribution in [-0.2, 0) is 11.3 Å². The van der Waals surface area contributed by atoms with Gasteiger partial charge in [0.2, 0.25) is 0 Å². The summed E-state index contributed by atoms with van der Waals surface area (Å²) in [7, 11) is 1.96. The zero-order chi connectivity index (χ0) is 15.7. The van der Waals surface area contributed by atoms with E-state index in [9.17, 15) is 10.2 Å². The van der Waals surface area contributed by atoms with E-state index in [1.807, 2.05) is 42.3 Å². The van der Waals surface area contributed by atoms with Crippen LogP contribution < -0.4 is 0 Å². The van der Waals surface area contributed by atoms with Gasteiger partial charge in [-0.25, -0.2) is 0 Å². The SMILES string of the molecule is CCCCN(C)CC(O)C(O)C(C)OCc1ccccc1. The van der Waals surface area contributed by atoms with Gasteiger partial charge < -0.3 is 19.8 Å². The van der Waals surface area contributed by atoms with Gasteiger partial charge in [0.05, 0.1) is 18.8 Å². The smallest absolute Gasteiger partial charge is 0.107 e. The van der Waals surface area contributed by atoms with Crippen LogP contribution in [0.5, 0.6) is 0 Å². The van der Waals surface area contributed by atoms with Gasteiger partial charge in [0.15, 0.2) is 0 Å². The number of benzene rings is 1. The highest BCUT2D eigenvalue weighted by Crippen LogP contribution is 2.09. The number of nitrogens with zero attached hydrogens (tertiary/aromatic N) is 1. The quantitative estimate of drug-likeness (QED) is 0.693. The minimum Gasteiger partial charge on any atom is -0.389 e. The van der Waals surface area contributed by atoms with E-state index in [0.717, 1.165) is 24.9 Å². The summed E-state index contributed by atoms with van der Waals surface area (Å²) < 4.78 is 5.65. The fourth-order valence-electron chi connectivity index (χ4n) is 2.16. The van der Waals surface area contributed by atoms with Gasteiger partial charge in [0, 0.05) is 6.54 Å². The number of aliphatic hydroxyl groups excluding tert-OH is 2. The first-order chi connectivity index (χ1) is 10.0. The van der Waals surface area contributed by atoms with Crippen molar-refractivity contribution in [3.8, 4) is 0 Å². The molecule has 1 aromatic rings. The summed E-state index contributed by atoms with van der Waals surface area (Å²) >= 11 is 0. The Balaban J connectivity index is 2.33. The Morgan fingerprint density at radius 3 is 2.48 bits per heavy atom. The van der Waals surface area contributed by atoms with E-state index < -0.39 is 18.3 Å². The number of hydrogen-bond donors (Lipinski definition) is 2. The molecule has 0 heterocycles. The molecule has 0 radical (unpaired) electrons. The summed E-state index contributed by atoms with van der Waals surface area (Å²) in [5.41, 5.74) is 1.06. The largest absolute Gasteiger partial charge is 0.389 e. The molecule has 1 rings (SSSR count). The van der Waals surface area contributed by atoms with Gasteiger partial charge in [0.25, 0.3) is 0 Å². The average Bonchev–Trinajstić information content (AvgIpc) is 2.50. The molecule has 0 fully saturated rings. The third-order valence-electron chi connectivity index (χ3n) is 3.62. The maximum absolute atomic E-state index is 10.1. The molecule has 0 aliphatic carbocycles. The highest BCUT2D eigenvalue weighted by Gasteiger charge is 2.24. The molecule has 4 heteroatoms. The maximum Gasteiger partial charge on any atom is 0.107 e. The van der Waals surface area contributed by atoms with Gasteiger partial charge in [-0.2, -0.15) is 0 Å². The van der Waals surface area contributed by atoms with Crippen LogP contribution in [0.1, 0.15) is 32.3 Å². The minimum atomic E-state index is -0.877. The van der Waals surface area contributed by atoms with Crippen molar-refractivity contribution in [3.05, 3.63) is 35.9 Å². The van der Waals surface area contributed by atoms with E-state index in [4.69, 9.17) is 4.74 Å². The van der Waals surface area contributed by atoms with Crippen molar-refractivity contribution in [1.29, 1.82) is 0 Å². The molecule has 0 bridgehead atoms. The number of hydrogen-bond acceptors (Lipinski definition) is 4. The summed E-state index contributed by atoms with van der Waals surface area (Å²) in [6.07, 6.45) is 0.147. The molecule has 0 aliphatic heterocycles. The zero-order valence-corrected chi connectivity index (χ0v) is 13.4. The predicted molar refractivity (Wildman–Crippen MR) is 85.1 cm³/mol. The van der Waals surface area contributed by atoms with E-state index >= 15 is 0 Å². The van der Waals surface area contributed by atoms with E-state index in [1.165, 1.54) is 0 Å². The summed E-state index contributed by atoms with van der Waals surface area (Å²) in [5, 5.41) is 20.2. The Morgan fingerprint density at radius 1 is 1.19 bits per heavy atom. The second-order valence-corrected chi connectivity index (χ2v) is 5.68. The van der Waals surface area contributed by atoms with E-state index in [-0.39, 0.29) is 0 Å². The van der Waals surface area contributed by atoms with Gasteiger partial charge in [-0.15, -0.1) is 0 Å². The fourth-order valence-corrected chi connectivity index (χ4v) is 2.16. The lowest BCUT2D eigenvalue weighted by Gasteiger charge is -2.27. The van der Waals surface area contributed by atoms with Gasteiger partial charge in [-0.1, -0.05) is 43.7 Å². The van der Waals surface area contributed by atoms with Crippen LogP contribution in [0.25, 0.3) is 0 Å². The van der Waals surface area contributed by atoms with Crippen molar-refractivity contribution in [2.45, 2.75) is 51.6 Å². The van der Waals surface area contributed by atoms with E-state index in [0.29, 0.717) is 13.2 Å². The third kappa shape index (κ3) is 7.05. The van der Waals surface area contributed by atoms with Crippen LogP contribution in [0.4, 0.5) is 0 Å². The van der Waals surface area contributed by atoms with Gasteiger partial charge >= 0.3 is 0 Å². The average molecular weight is 295 g/mol. The van der Waals surface area contributed by atoms with Crippen molar-refractivity contribution in [1.82, 2.24) is 4.90 Å². The molecule has 3 unspecified atom stereocenters. The number of aliphatic hydroxyl groups is 2. The zero-order valence-electron chi connectivity index (χ0n) is 13.4. The third-order valence-corrected chi connectivity index (χ3v) is 3.62. The number of rotatable bonds is 10. The van der Waals surface area contributed by atoms with Gasteiger partial charge in [-0.3, -0.25) is 0 Å². The van der Waals surface area contributed by atoms with Crippen LogP contribution in [0, 0.1) is 0 Å². The van der Waals surface area contributed by atoms with E-state index in [2.05, 4.69) is 6.92 Å².